The highest BCUT2D eigenvalue weighted by Crippen LogP contribution is 2.52. The van der Waals surface area contributed by atoms with Crippen LogP contribution < -0.4 is 0 Å². The molecule has 5 nitrogen and oxygen atoms in total. The van der Waals surface area contributed by atoms with E-state index in [1.54, 1.807) is 18.2 Å². The standard InChI is InChI=1S/C19H12Cl4O5S/c20-12-6-11(7-13(21)8-12)19(29(26,27)28,10-4-2-1-3-5-10)14-9-15(24)18(25)17(23)16(14)22/h1-9,24-25H,(H,26,27,28). The minimum atomic E-state index is -5.04. The number of halogens is 4. The van der Waals surface area contributed by atoms with Gasteiger partial charge in [0.1, 0.15) is 5.02 Å². The lowest BCUT2D eigenvalue weighted by Gasteiger charge is -2.33. The van der Waals surface area contributed by atoms with E-state index >= 15 is 0 Å². The molecule has 0 saturated carbocycles. The lowest BCUT2D eigenvalue weighted by atomic mass is 9.83. The Kier molecular flexibility index (Phi) is 5.98. The Morgan fingerprint density at radius 2 is 1.31 bits per heavy atom. The summed E-state index contributed by atoms with van der Waals surface area (Å²) in [5.74, 6) is -1.46. The number of hydrogen-bond acceptors (Lipinski definition) is 4. The Morgan fingerprint density at radius 3 is 1.83 bits per heavy atom. The van der Waals surface area contributed by atoms with Crippen molar-refractivity contribution < 1.29 is 23.2 Å². The second-order valence-corrected chi connectivity index (χ2v) is 9.29. The summed E-state index contributed by atoms with van der Waals surface area (Å²) in [6, 6.07) is 12.5. The van der Waals surface area contributed by atoms with Gasteiger partial charge in [-0.1, -0.05) is 76.7 Å². The normalized spacial score (nSPS) is 13.8. The van der Waals surface area contributed by atoms with Gasteiger partial charge in [0.2, 0.25) is 0 Å². The molecule has 29 heavy (non-hydrogen) atoms. The van der Waals surface area contributed by atoms with Gasteiger partial charge in [0.25, 0.3) is 10.1 Å². The lowest BCUT2D eigenvalue weighted by Crippen LogP contribution is -2.38. The van der Waals surface area contributed by atoms with Gasteiger partial charge >= 0.3 is 0 Å². The molecule has 0 aliphatic heterocycles. The Labute approximate surface area is 186 Å². The first-order chi connectivity index (χ1) is 13.5. The first-order valence-corrected chi connectivity index (χ1v) is 10.8. The third kappa shape index (κ3) is 3.65. The molecule has 3 aromatic rings. The minimum Gasteiger partial charge on any atom is -0.504 e. The molecule has 3 N–H and O–H groups in total. The first-order valence-electron chi connectivity index (χ1n) is 7.89. The van der Waals surface area contributed by atoms with E-state index in [1.807, 2.05) is 0 Å². The molecular formula is C19H12Cl4O5S. The van der Waals surface area contributed by atoms with Crippen LogP contribution in [0, 0.1) is 0 Å². The van der Waals surface area contributed by atoms with Crippen LogP contribution in [-0.2, 0) is 14.9 Å². The van der Waals surface area contributed by atoms with E-state index in [0.29, 0.717) is 0 Å². The predicted molar refractivity (Wildman–Crippen MR) is 114 cm³/mol. The van der Waals surface area contributed by atoms with Gasteiger partial charge in [0.15, 0.2) is 16.2 Å². The maximum absolute atomic E-state index is 13.0. The monoisotopic (exact) mass is 492 g/mol. The molecule has 0 saturated heterocycles. The lowest BCUT2D eigenvalue weighted by molar-refractivity contribution is 0.402. The molecule has 0 amide bonds. The van der Waals surface area contributed by atoms with Crippen LogP contribution in [0.25, 0.3) is 0 Å². The predicted octanol–water partition coefficient (Wildman–Crippen LogP) is 5.89. The third-order valence-corrected chi connectivity index (χ3v) is 7.14. The van der Waals surface area contributed by atoms with Gasteiger partial charge in [-0.25, -0.2) is 0 Å². The van der Waals surface area contributed by atoms with Gasteiger partial charge in [0, 0.05) is 15.6 Å². The highest BCUT2D eigenvalue weighted by Gasteiger charge is 2.50. The molecule has 10 heteroatoms. The van der Waals surface area contributed by atoms with E-state index in [-0.39, 0.29) is 31.8 Å². The van der Waals surface area contributed by atoms with Crippen molar-refractivity contribution in [2.24, 2.45) is 0 Å². The van der Waals surface area contributed by atoms with E-state index in [1.165, 1.54) is 30.3 Å². The van der Waals surface area contributed by atoms with Crippen molar-refractivity contribution in [3.05, 3.63) is 91.4 Å². The van der Waals surface area contributed by atoms with Crippen LogP contribution in [-0.4, -0.2) is 23.2 Å². The summed E-state index contributed by atoms with van der Waals surface area (Å²) in [6.45, 7) is 0. The zero-order valence-corrected chi connectivity index (χ0v) is 18.1. The van der Waals surface area contributed by atoms with Crippen molar-refractivity contribution in [2.75, 3.05) is 0 Å². The summed E-state index contributed by atoms with van der Waals surface area (Å²) in [5, 5.41) is 19.3. The molecule has 0 fully saturated rings. The molecule has 0 heterocycles. The summed E-state index contributed by atoms with van der Waals surface area (Å²) in [7, 11) is -5.04. The van der Waals surface area contributed by atoms with Crippen molar-refractivity contribution >= 4 is 56.5 Å². The molecule has 152 valence electrons. The zero-order valence-electron chi connectivity index (χ0n) is 14.3. The fraction of sp³-hybridized carbons (Fsp3) is 0.0526. The van der Waals surface area contributed by atoms with Gasteiger partial charge in [0.05, 0.1) is 5.02 Å². The Bertz CT molecular complexity index is 1180. The summed E-state index contributed by atoms with van der Waals surface area (Å²) >= 11 is 24.5. The summed E-state index contributed by atoms with van der Waals surface area (Å²) < 4.78 is 34.0. The SMILES string of the molecule is O=S(=O)(O)C(c1ccccc1)(c1cc(Cl)cc(Cl)c1)c1cc(O)c(O)c(Cl)c1Cl. The molecule has 3 aromatic carbocycles. The molecule has 0 spiro atoms. The van der Waals surface area contributed by atoms with Crippen LogP contribution in [0.2, 0.25) is 20.1 Å². The van der Waals surface area contributed by atoms with Crippen LogP contribution >= 0.6 is 46.4 Å². The molecule has 0 aliphatic carbocycles. The van der Waals surface area contributed by atoms with Crippen LogP contribution in [0.1, 0.15) is 16.7 Å². The fourth-order valence-corrected chi connectivity index (χ4v) is 5.56. The first kappa shape index (κ1) is 22.0. The van der Waals surface area contributed by atoms with Gasteiger partial charge in [-0.2, -0.15) is 8.42 Å². The van der Waals surface area contributed by atoms with Gasteiger partial charge < -0.3 is 10.2 Å². The van der Waals surface area contributed by atoms with E-state index in [2.05, 4.69) is 0 Å². The van der Waals surface area contributed by atoms with Crippen molar-refractivity contribution in [1.82, 2.24) is 0 Å². The van der Waals surface area contributed by atoms with Crippen molar-refractivity contribution in [3.8, 4) is 11.5 Å². The number of phenolic OH excluding ortho intramolecular Hbond substituents is 2. The van der Waals surface area contributed by atoms with Crippen molar-refractivity contribution in [1.29, 1.82) is 0 Å². The quantitative estimate of drug-likeness (QED) is 0.239. The summed E-state index contributed by atoms with van der Waals surface area (Å²) in [4.78, 5) is 0. The molecule has 0 radical (unpaired) electrons. The Balaban J connectivity index is 2.62. The van der Waals surface area contributed by atoms with Gasteiger partial charge in [-0.15, -0.1) is 0 Å². The second kappa shape index (κ2) is 7.87. The summed E-state index contributed by atoms with van der Waals surface area (Å²) in [5.41, 5.74) is -0.276. The van der Waals surface area contributed by atoms with Gasteiger partial charge in [-0.3, -0.25) is 4.55 Å². The van der Waals surface area contributed by atoms with E-state index in [9.17, 15) is 23.2 Å². The number of rotatable bonds is 4. The van der Waals surface area contributed by atoms with E-state index in [4.69, 9.17) is 46.4 Å². The maximum atomic E-state index is 13.0. The van der Waals surface area contributed by atoms with Crippen LogP contribution in [0.5, 0.6) is 11.5 Å². The molecule has 1 unspecified atom stereocenters. The van der Waals surface area contributed by atoms with Crippen LogP contribution in [0.4, 0.5) is 0 Å². The topological polar surface area (TPSA) is 94.8 Å². The van der Waals surface area contributed by atoms with E-state index < -0.39 is 31.4 Å². The maximum Gasteiger partial charge on any atom is 0.283 e. The number of hydrogen-bond donors (Lipinski definition) is 3. The molecule has 1 atom stereocenters. The van der Waals surface area contributed by atoms with Crippen LogP contribution in [0.3, 0.4) is 0 Å². The molecule has 0 aromatic heterocycles. The number of aromatic hydroxyl groups is 2. The zero-order chi connectivity index (χ0) is 21.6. The average molecular weight is 494 g/mol. The third-order valence-electron chi connectivity index (χ3n) is 4.38. The Morgan fingerprint density at radius 1 is 0.759 bits per heavy atom. The van der Waals surface area contributed by atoms with Gasteiger partial charge in [-0.05, 0) is 35.4 Å². The van der Waals surface area contributed by atoms with Crippen LogP contribution in [0.15, 0.2) is 54.6 Å². The smallest absolute Gasteiger partial charge is 0.283 e. The number of phenols is 2. The highest BCUT2D eigenvalue weighted by molar-refractivity contribution is 7.87. The molecule has 3 rings (SSSR count). The highest BCUT2D eigenvalue weighted by atomic mass is 35.5. The minimum absolute atomic E-state index is 0.0493. The average Bonchev–Trinajstić information content (AvgIpc) is 2.63. The Hall–Kier alpha value is -1.67. The molecular weight excluding hydrogens is 482 g/mol. The molecule has 0 aliphatic rings. The van der Waals surface area contributed by atoms with Crippen molar-refractivity contribution in [2.45, 2.75) is 4.75 Å². The van der Waals surface area contributed by atoms with Crippen molar-refractivity contribution in [3.63, 3.8) is 0 Å². The fourth-order valence-electron chi connectivity index (χ4n) is 3.20. The molecule has 0 bridgehead atoms. The van der Waals surface area contributed by atoms with E-state index in [0.717, 1.165) is 6.07 Å². The summed E-state index contributed by atoms with van der Waals surface area (Å²) in [6.07, 6.45) is 0. The second-order valence-electron chi connectivity index (χ2n) is 6.10. The largest absolute Gasteiger partial charge is 0.504 e. The number of benzene rings is 3.